The molecule has 0 heterocycles. The van der Waals surface area contributed by atoms with E-state index in [4.69, 9.17) is 0 Å². The molecule has 0 aliphatic heterocycles. The SMILES string of the molecule is C=C1CCCCC1=C(C)C.CC. The Hall–Kier alpha value is -0.520. The second-order valence-corrected chi connectivity index (χ2v) is 3.29. The Bertz CT molecular complexity index is 168. The molecule has 0 aromatic heterocycles. The largest absolute Gasteiger partial charge is 0.0956 e. The molecule has 0 atom stereocenters. The molecule has 1 aliphatic rings. The predicted octanol–water partition coefficient (Wildman–Crippen LogP) is 4.48. The smallest absolute Gasteiger partial charge is 0.0277 e. The molecule has 1 aliphatic carbocycles. The van der Waals surface area contributed by atoms with E-state index >= 15 is 0 Å². The van der Waals surface area contributed by atoms with Crippen LogP contribution in [0.5, 0.6) is 0 Å². The van der Waals surface area contributed by atoms with Crippen LogP contribution >= 0.6 is 0 Å². The molecule has 0 nitrogen and oxygen atoms in total. The topological polar surface area (TPSA) is 0 Å². The van der Waals surface area contributed by atoms with E-state index in [2.05, 4.69) is 20.4 Å². The summed E-state index contributed by atoms with van der Waals surface area (Å²) in [6.45, 7) is 12.4. The lowest BCUT2D eigenvalue weighted by molar-refractivity contribution is 0.675. The van der Waals surface area contributed by atoms with Gasteiger partial charge < -0.3 is 0 Å². The molecule has 0 aromatic rings. The quantitative estimate of drug-likeness (QED) is 0.497. The van der Waals surface area contributed by atoms with Crippen molar-refractivity contribution in [3.8, 4) is 0 Å². The van der Waals surface area contributed by atoms with Gasteiger partial charge in [-0.2, -0.15) is 0 Å². The molecule has 0 spiro atoms. The zero-order valence-electron chi connectivity index (χ0n) is 9.04. The summed E-state index contributed by atoms with van der Waals surface area (Å²) < 4.78 is 0. The Kier molecular flexibility index (Phi) is 5.79. The van der Waals surface area contributed by atoms with Crippen LogP contribution in [0.2, 0.25) is 0 Å². The van der Waals surface area contributed by atoms with Crippen molar-refractivity contribution in [1.82, 2.24) is 0 Å². The minimum atomic E-state index is 1.22. The molecule has 70 valence electrons. The summed E-state index contributed by atoms with van der Waals surface area (Å²) in [6, 6.07) is 0. The van der Waals surface area contributed by atoms with Crippen LogP contribution in [0.3, 0.4) is 0 Å². The van der Waals surface area contributed by atoms with Crippen molar-refractivity contribution < 1.29 is 0 Å². The van der Waals surface area contributed by atoms with Crippen LogP contribution in [-0.2, 0) is 0 Å². The molecule has 0 amide bonds. The lowest BCUT2D eigenvalue weighted by Crippen LogP contribution is -1.98. The monoisotopic (exact) mass is 166 g/mol. The van der Waals surface area contributed by atoms with Crippen LogP contribution in [0, 0.1) is 0 Å². The van der Waals surface area contributed by atoms with E-state index in [1.807, 2.05) is 13.8 Å². The lowest BCUT2D eigenvalue weighted by atomic mass is 9.88. The molecule has 0 radical (unpaired) electrons. The number of hydrogen-bond donors (Lipinski definition) is 0. The van der Waals surface area contributed by atoms with Crippen molar-refractivity contribution in [2.24, 2.45) is 0 Å². The van der Waals surface area contributed by atoms with Crippen LogP contribution in [0.4, 0.5) is 0 Å². The van der Waals surface area contributed by atoms with Gasteiger partial charge in [-0.1, -0.05) is 31.6 Å². The number of allylic oxidation sites excluding steroid dienone is 3. The Morgan fingerprint density at radius 2 is 1.58 bits per heavy atom. The van der Waals surface area contributed by atoms with Gasteiger partial charge in [-0.15, -0.1) is 0 Å². The van der Waals surface area contributed by atoms with E-state index in [1.54, 1.807) is 0 Å². The van der Waals surface area contributed by atoms with Crippen molar-refractivity contribution in [2.75, 3.05) is 0 Å². The Morgan fingerprint density at radius 1 is 1.08 bits per heavy atom. The Labute approximate surface area is 77.4 Å². The fraction of sp³-hybridized carbons (Fsp3) is 0.667. The first kappa shape index (κ1) is 11.5. The molecule has 0 unspecified atom stereocenters. The van der Waals surface area contributed by atoms with Crippen LogP contribution in [0.15, 0.2) is 23.3 Å². The zero-order valence-corrected chi connectivity index (χ0v) is 9.04. The molecular weight excluding hydrogens is 144 g/mol. The third kappa shape index (κ3) is 3.25. The summed E-state index contributed by atoms with van der Waals surface area (Å²) in [5.74, 6) is 0. The molecular formula is C12H22. The summed E-state index contributed by atoms with van der Waals surface area (Å²) in [7, 11) is 0. The van der Waals surface area contributed by atoms with Gasteiger partial charge in [0, 0.05) is 0 Å². The maximum Gasteiger partial charge on any atom is -0.0277 e. The second kappa shape index (κ2) is 6.05. The van der Waals surface area contributed by atoms with Gasteiger partial charge in [0.2, 0.25) is 0 Å². The first-order chi connectivity index (χ1) is 5.72. The average molecular weight is 166 g/mol. The van der Waals surface area contributed by atoms with E-state index in [0.29, 0.717) is 0 Å². The van der Waals surface area contributed by atoms with Gasteiger partial charge >= 0.3 is 0 Å². The minimum Gasteiger partial charge on any atom is -0.0956 e. The summed E-state index contributed by atoms with van der Waals surface area (Å²) in [5, 5.41) is 0. The van der Waals surface area contributed by atoms with Crippen LogP contribution in [0.1, 0.15) is 53.4 Å². The molecule has 0 bridgehead atoms. The molecule has 0 aromatic carbocycles. The standard InChI is InChI=1S/C10H16.C2H6/c1-8(2)10-7-5-4-6-9(10)3;1-2/h3-7H2,1-2H3;1-2H3. The zero-order chi connectivity index (χ0) is 9.56. The Balaban J connectivity index is 0.000000561. The predicted molar refractivity (Wildman–Crippen MR) is 57.3 cm³/mol. The second-order valence-electron chi connectivity index (χ2n) is 3.29. The third-order valence-corrected chi connectivity index (χ3v) is 2.19. The molecule has 1 fully saturated rings. The van der Waals surface area contributed by atoms with E-state index in [1.165, 1.54) is 42.4 Å². The van der Waals surface area contributed by atoms with Crippen molar-refractivity contribution >= 4 is 0 Å². The fourth-order valence-electron chi connectivity index (χ4n) is 1.57. The first-order valence-electron chi connectivity index (χ1n) is 5.06. The molecule has 1 saturated carbocycles. The van der Waals surface area contributed by atoms with Crippen LogP contribution in [0.25, 0.3) is 0 Å². The highest BCUT2D eigenvalue weighted by Crippen LogP contribution is 2.29. The van der Waals surface area contributed by atoms with E-state index in [-0.39, 0.29) is 0 Å². The normalized spacial score (nSPS) is 16.7. The van der Waals surface area contributed by atoms with Gasteiger partial charge in [-0.25, -0.2) is 0 Å². The average Bonchev–Trinajstić information content (AvgIpc) is 2.08. The maximum absolute atomic E-state index is 4.06. The summed E-state index contributed by atoms with van der Waals surface area (Å²) >= 11 is 0. The van der Waals surface area contributed by atoms with E-state index in [9.17, 15) is 0 Å². The van der Waals surface area contributed by atoms with Gasteiger partial charge in [0.1, 0.15) is 0 Å². The van der Waals surface area contributed by atoms with Crippen molar-refractivity contribution in [1.29, 1.82) is 0 Å². The minimum absolute atomic E-state index is 1.22. The van der Waals surface area contributed by atoms with Gasteiger partial charge in [-0.05, 0) is 45.1 Å². The van der Waals surface area contributed by atoms with Gasteiger partial charge in [0.05, 0.1) is 0 Å². The number of hydrogen-bond acceptors (Lipinski definition) is 0. The molecule has 0 saturated heterocycles. The molecule has 0 heteroatoms. The Morgan fingerprint density at radius 3 is 1.92 bits per heavy atom. The maximum atomic E-state index is 4.06. The summed E-state index contributed by atoms with van der Waals surface area (Å²) in [6.07, 6.45) is 5.19. The van der Waals surface area contributed by atoms with Gasteiger partial charge in [0.15, 0.2) is 0 Å². The summed E-state index contributed by atoms with van der Waals surface area (Å²) in [5.41, 5.74) is 4.38. The van der Waals surface area contributed by atoms with Gasteiger partial charge in [0.25, 0.3) is 0 Å². The lowest BCUT2D eigenvalue weighted by Gasteiger charge is -2.18. The van der Waals surface area contributed by atoms with Crippen molar-refractivity contribution in [2.45, 2.75) is 53.4 Å². The highest BCUT2D eigenvalue weighted by molar-refractivity contribution is 5.33. The van der Waals surface area contributed by atoms with E-state index in [0.717, 1.165) is 0 Å². The van der Waals surface area contributed by atoms with E-state index < -0.39 is 0 Å². The van der Waals surface area contributed by atoms with Crippen LogP contribution in [-0.4, -0.2) is 0 Å². The van der Waals surface area contributed by atoms with Crippen LogP contribution < -0.4 is 0 Å². The van der Waals surface area contributed by atoms with Crippen molar-refractivity contribution in [3.05, 3.63) is 23.3 Å². The fourth-order valence-corrected chi connectivity index (χ4v) is 1.57. The third-order valence-electron chi connectivity index (χ3n) is 2.19. The first-order valence-corrected chi connectivity index (χ1v) is 5.06. The number of rotatable bonds is 0. The van der Waals surface area contributed by atoms with Gasteiger partial charge in [-0.3, -0.25) is 0 Å². The highest BCUT2D eigenvalue weighted by Gasteiger charge is 2.09. The molecule has 1 rings (SSSR count). The van der Waals surface area contributed by atoms with Crippen molar-refractivity contribution in [3.63, 3.8) is 0 Å². The molecule has 12 heavy (non-hydrogen) atoms. The summed E-state index contributed by atoms with van der Waals surface area (Å²) in [4.78, 5) is 0. The highest BCUT2D eigenvalue weighted by atomic mass is 14.1. The molecule has 0 N–H and O–H groups in total.